The van der Waals surface area contributed by atoms with Gasteiger partial charge in [0.2, 0.25) is 6.54 Å². The van der Waals surface area contributed by atoms with Crippen LogP contribution in [0.15, 0.2) is 0 Å². The van der Waals surface area contributed by atoms with Crippen molar-refractivity contribution in [3.63, 3.8) is 0 Å². The monoisotopic (exact) mass is 317 g/mol. The molecule has 3 heteroatoms. The number of hydrogen-bond donors (Lipinski definition) is 1. The molecule has 128 valence electrons. The number of aliphatic hydroxyl groups is 1. The maximum absolute atomic E-state index is 12.7. The number of aliphatic hydroxyl groups excluding tert-OH is 1. The highest BCUT2D eigenvalue weighted by Crippen LogP contribution is 2.64. The van der Waals surface area contributed by atoms with Crippen molar-refractivity contribution in [3.8, 4) is 0 Å². The fourth-order valence-electron chi connectivity index (χ4n) is 6.72. The third kappa shape index (κ3) is 2.45. The van der Waals surface area contributed by atoms with Crippen molar-refractivity contribution < 1.29 is 9.90 Å². The van der Waals surface area contributed by atoms with E-state index >= 15 is 0 Å². The number of Topliss-reactive ketones (excluding diaryl/α,β-unsaturated/α-hetero) is 1. The van der Waals surface area contributed by atoms with Gasteiger partial charge in [-0.15, -0.1) is 0 Å². The van der Waals surface area contributed by atoms with Crippen molar-refractivity contribution in [2.45, 2.75) is 71.8 Å². The summed E-state index contributed by atoms with van der Waals surface area (Å²) in [4.78, 5) is 16.2. The molecule has 0 spiro atoms. The van der Waals surface area contributed by atoms with Crippen molar-refractivity contribution in [2.24, 2.45) is 34.5 Å². The predicted molar refractivity (Wildman–Crippen MR) is 90.6 cm³/mol. The molecule has 3 aliphatic carbocycles. The van der Waals surface area contributed by atoms with Gasteiger partial charge in [0.05, 0.1) is 6.10 Å². The van der Waals surface area contributed by atoms with Crippen LogP contribution in [0.25, 0.3) is 4.85 Å². The largest absolute Gasteiger partial charge is 0.393 e. The number of nitrogens with zero attached hydrogens (tertiary/aromatic N) is 1. The molecule has 3 unspecified atom stereocenters. The Morgan fingerprint density at radius 1 is 1.26 bits per heavy atom. The zero-order valence-electron chi connectivity index (χ0n) is 14.8. The highest BCUT2D eigenvalue weighted by Gasteiger charge is 2.60. The van der Waals surface area contributed by atoms with E-state index in [0.29, 0.717) is 42.4 Å². The molecule has 0 amide bonds. The molecule has 0 radical (unpaired) electrons. The lowest BCUT2D eigenvalue weighted by molar-refractivity contribution is -0.146. The maximum atomic E-state index is 12.7. The molecular weight excluding hydrogens is 286 g/mol. The van der Waals surface area contributed by atoms with Crippen LogP contribution in [0.2, 0.25) is 0 Å². The van der Waals surface area contributed by atoms with Crippen LogP contribution in [0.4, 0.5) is 0 Å². The number of hydrogen-bond acceptors (Lipinski definition) is 2. The van der Waals surface area contributed by atoms with Gasteiger partial charge < -0.3 is 9.95 Å². The van der Waals surface area contributed by atoms with Crippen molar-refractivity contribution in [3.05, 3.63) is 11.4 Å². The molecule has 3 aliphatic rings. The Kier molecular flexibility index (Phi) is 4.34. The molecule has 0 bridgehead atoms. The van der Waals surface area contributed by atoms with Crippen LogP contribution >= 0.6 is 0 Å². The summed E-state index contributed by atoms with van der Waals surface area (Å²) in [5.74, 6) is 2.54. The van der Waals surface area contributed by atoms with Crippen molar-refractivity contribution in [1.29, 1.82) is 0 Å². The van der Waals surface area contributed by atoms with Crippen LogP contribution in [0.5, 0.6) is 0 Å². The lowest BCUT2D eigenvalue weighted by Gasteiger charge is -2.55. The molecule has 0 aromatic heterocycles. The number of ketones is 1. The second-order valence-electron chi connectivity index (χ2n) is 8.86. The lowest BCUT2D eigenvalue weighted by atomic mass is 9.48. The van der Waals surface area contributed by atoms with E-state index < -0.39 is 0 Å². The van der Waals surface area contributed by atoms with Gasteiger partial charge in [0, 0.05) is 18.3 Å². The van der Waals surface area contributed by atoms with Gasteiger partial charge in [-0.2, -0.15) is 0 Å². The summed E-state index contributed by atoms with van der Waals surface area (Å²) in [6, 6.07) is 0. The number of fused-ring (bicyclic) bond motifs is 3. The van der Waals surface area contributed by atoms with Gasteiger partial charge in [-0.3, -0.25) is 4.79 Å². The van der Waals surface area contributed by atoms with Gasteiger partial charge in [0.25, 0.3) is 0 Å². The molecule has 1 N–H and O–H groups in total. The smallest absolute Gasteiger partial charge is 0.215 e. The van der Waals surface area contributed by atoms with Gasteiger partial charge in [0.15, 0.2) is 0 Å². The molecule has 3 fully saturated rings. The van der Waals surface area contributed by atoms with Crippen molar-refractivity contribution >= 4 is 5.78 Å². The van der Waals surface area contributed by atoms with Crippen LogP contribution in [-0.2, 0) is 4.79 Å². The minimum absolute atomic E-state index is 0.222. The van der Waals surface area contributed by atoms with Gasteiger partial charge in [-0.1, -0.05) is 13.8 Å². The third-order valence-corrected chi connectivity index (χ3v) is 8.00. The van der Waals surface area contributed by atoms with Crippen molar-refractivity contribution in [1.82, 2.24) is 0 Å². The van der Waals surface area contributed by atoms with Crippen LogP contribution < -0.4 is 0 Å². The summed E-state index contributed by atoms with van der Waals surface area (Å²) in [6.07, 6.45) is 6.82. The molecular formula is C20H31NO2. The Morgan fingerprint density at radius 3 is 2.65 bits per heavy atom. The lowest BCUT2D eigenvalue weighted by Crippen LogP contribution is -2.53. The van der Waals surface area contributed by atoms with Crippen LogP contribution in [0.3, 0.4) is 0 Å². The van der Waals surface area contributed by atoms with E-state index in [9.17, 15) is 9.90 Å². The molecule has 0 heterocycles. The summed E-state index contributed by atoms with van der Waals surface area (Å²) in [5.41, 5.74) is -0.0336. The van der Waals surface area contributed by atoms with Crippen LogP contribution in [0, 0.1) is 41.1 Å². The molecule has 0 aromatic carbocycles. The van der Waals surface area contributed by atoms with Crippen LogP contribution in [-0.4, -0.2) is 23.5 Å². The minimum Gasteiger partial charge on any atom is -0.393 e. The van der Waals surface area contributed by atoms with E-state index in [-0.39, 0.29) is 16.9 Å². The third-order valence-electron chi connectivity index (χ3n) is 8.00. The van der Waals surface area contributed by atoms with E-state index in [4.69, 9.17) is 6.57 Å². The fourth-order valence-corrected chi connectivity index (χ4v) is 6.72. The summed E-state index contributed by atoms with van der Waals surface area (Å²) in [6.45, 7) is 14.1. The fraction of sp³-hybridized carbons (Fsp3) is 0.900. The van der Waals surface area contributed by atoms with Gasteiger partial charge in [-0.05, 0) is 68.1 Å². The van der Waals surface area contributed by atoms with E-state index in [0.717, 1.165) is 32.1 Å². The summed E-state index contributed by atoms with van der Waals surface area (Å²) in [7, 11) is 0. The average molecular weight is 317 g/mol. The first-order valence-electron chi connectivity index (χ1n) is 9.39. The average Bonchev–Trinajstić information content (AvgIpc) is 2.86. The summed E-state index contributed by atoms with van der Waals surface area (Å²) < 4.78 is 0. The topological polar surface area (TPSA) is 41.7 Å². The summed E-state index contributed by atoms with van der Waals surface area (Å²) >= 11 is 0. The van der Waals surface area contributed by atoms with Gasteiger partial charge >= 0.3 is 0 Å². The first-order valence-corrected chi connectivity index (χ1v) is 9.39. The molecule has 23 heavy (non-hydrogen) atoms. The van der Waals surface area contributed by atoms with Crippen LogP contribution in [0.1, 0.15) is 65.7 Å². The first kappa shape index (κ1) is 17.0. The molecule has 7 atom stereocenters. The number of carbonyl (C=O) groups is 1. The highest BCUT2D eigenvalue weighted by atomic mass is 16.3. The maximum Gasteiger partial charge on any atom is 0.215 e. The van der Waals surface area contributed by atoms with Gasteiger partial charge in [0.1, 0.15) is 5.78 Å². The van der Waals surface area contributed by atoms with E-state index in [1.54, 1.807) is 0 Å². The molecule has 0 saturated heterocycles. The van der Waals surface area contributed by atoms with E-state index in [1.165, 1.54) is 6.42 Å². The van der Waals surface area contributed by atoms with Crippen molar-refractivity contribution in [2.75, 3.05) is 6.54 Å². The molecule has 3 rings (SSSR count). The Hall–Kier alpha value is -0.880. The normalized spacial score (nSPS) is 47.5. The Morgan fingerprint density at radius 2 is 2.00 bits per heavy atom. The standard InChI is InChI=1S/C20H31NO2/c1-13(22)15-6-7-16-14-5-8-18(23)20(3,11-12-21-4)17(14)9-10-19(15,16)2/h13-17,22H,5-12H2,1-3H3/t13-,14?,15+,16?,17?,19+,20-/m0/s1. The second kappa shape index (κ2) is 5.88. The molecule has 0 aromatic rings. The van der Waals surface area contributed by atoms with E-state index in [2.05, 4.69) is 18.7 Å². The Balaban J connectivity index is 1.88. The first-order chi connectivity index (χ1) is 10.8. The molecule has 0 aliphatic heterocycles. The second-order valence-corrected chi connectivity index (χ2v) is 8.86. The number of rotatable bonds is 3. The van der Waals surface area contributed by atoms with Gasteiger partial charge in [-0.25, -0.2) is 6.57 Å². The zero-order chi connectivity index (χ0) is 16.8. The number of carbonyl (C=O) groups excluding carboxylic acids is 1. The summed E-state index contributed by atoms with van der Waals surface area (Å²) in [5, 5.41) is 10.2. The quantitative estimate of drug-likeness (QED) is 0.796. The molecule has 3 nitrogen and oxygen atoms in total. The predicted octanol–water partition coefficient (Wildman–Crippen LogP) is 4.10. The minimum atomic E-state index is -0.280. The molecule has 3 saturated carbocycles. The SMILES string of the molecule is [C-]#[N+]CC[C@]1(C)C(=O)CCC2C3CC[C@H]([C@H](C)O)[C@@]3(C)CCC21. The zero-order valence-corrected chi connectivity index (χ0v) is 14.8. The Labute approximate surface area is 140 Å². The van der Waals surface area contributed by atoms with E-state index in [1.807, 2.05) is 6.92 Å². The highest BCUT2D eigenvalue weighted by molar-refractivity contribution is 5.85. The Bertz CT molecular complexity index is 522.